The molecule has 3 heterocycles. The number of ether oxygens (including phenoxy) is 1. The number of pyridine rings is 1. The second-order valence-electron chi connectivity index (χ2n) is 12.5. The summed E-state index contributed by atoms with van der Waals surface area (Å²) in [6.07, 6.45) is 17.5. The molecule has 0 N–H and O–H groups in total. The van der Waals surface area contributed by atoms with Gasteiger partial charge < -0.3 is 14.6 Å². The number of quaternary nitrogens is 1. The molecule has 178 valence electrons. The lowest BCUT2D eigenvalue weighted by Gasteiger charge is -2.55. The standard InChI is InChI=1S/C30H36N2O2/c1-28-12-10-24-17-23-6-7-25(32(2,3)33)18-29(23)13-14-30(24,34-29)27(28)9-8-26(28)21-5-4-20-11-15-31-19-22(20)16-21/h4-5,10-11,15-17,19,25-27H,6-9,12-14,18H2,1-3H3/t25-,26+,27+,28+,29+,30?/m0/s1. The van der Waals surface area contributed by atoms with Crippen LogP contribution in [-0.2, 0) is 4.74 Å². The van der Waals surface area contributed by atoms with Crippen LogP contribution >= 0.6 is 0 Å². The molecular weight excluding hydrogens is 420 g/mol. The van der Waals surface area contributed by atoms with Crippen LogP contribution in [0.15, 0.2) is 60.0 Å². The molecule has 1 saturated heterocycles. The van der Waals surface area contributed by atoms with E-state index >= 15 is 0 Å². The van der Waals surface area contributed by atoms with Gasteiger partial charge in [0.2, 0.25) is 0 Å². The number of nitrogens with zero attached hydrogens (tertiary/aromatic N) is 2. The molecular formula is C30H36N2O2. The topological polar surface area (TPSA) is 45.2 Å². The molecule has 1 aromatic carbocycles. The zero-order chi connectivity index (χ0) is 23.3. The first-order valence-electron chi connectivity index (χ1n) is 13.2. The summed E-state index contributed by atoms with van der Waals surface area (Å²) >= 11 is 0. The van der Waals surface area contributed by atoms with E-state index in [9.17, 15) is 5.21 Å². The van der Waals surface area contributed by atoms with E-state index in [1.807, 2.05) is 26.5 Å². The Balaban J connectivity index is 1.27. The van der Waals surface area contributed by atoms with Crippen molar-refractivity contribution in [2.45, 2.75) is 81.5 Å². The first kappa shape index (κ1) is 21.3. The van der Waals surface area contributed by atoms with Gasteiger partial charge in [0.15, 0.2) is 0 Å². The lowest BCUT2D eigenvalue weighted by atomic mass is 9.58. The Kier molecular flexibility index (Phi) is 4.26. The molecule has 3 aliphatic carbocycles. The van der Waals surface area contributed by atoms with Gasteiger partial charge in [-0.25, -0.2) is 0 Å². The minimum Gasteiger partial charge on any atom is -0.633 e. The molecule has 0 radical (unpaired) electrons. The smallest absolute Gasteiger partial charge is 0.0975 e. The maximum absolute atomic E-state index is 12.9. The third-order valence-corrected chi connectivity index (χ3v) is 10.6. The quantitative estimate of drug-likeness (QED) is 0.387. The molecule has 2 aliphatic heterocycles. The fourth-order valence-electron chi connectivity index (χ4n) is 8.78. The molecule has 2 aromatic rings. The second kappa shape index (κ2) is 6.81. The lowest BCUT2D eigenvalue weighted by molar-refractivity contribution is -0.869. The average Bonchev–Trinajstić information content (AvgIpc) is 3.33. The highest BCUT2D eigenvalue weighted by atomic mass is 16.5. The summed E-state index contributed by atoms with van der Waals surface area (Å²) in [5, 5.41) is 15.4. The van der Waals surface area contributed by atoms with Gasteiger partial charge in [-0.2, -0.15) is 0 Å². The zero-order valence-electron chi connectivity index (χ0n) is 20.7. The highest BCUT2D eigenvalue weighted by molar-refractivity contribution is 5.82. The van der Waals surface area contributed by atoms with Gasteiger partial charge in [0.25, 0.3) is 0 Å². The van der Waals surface area contributed by atoms with Gasteiger partial charge in [0, 0.05) is 30.6 Å². The van der Waals surface area contributed by atoms with Crippen molar-refractivity contribution >= 4 is 10.8 Å². The van der Waals surface area contributed by atoms with Crippen molar-refractivity contribution in [3.05, 3.63) is 70.7 Å². The molecule has 2 spiro atoms. The summed E-state index contributed by atoms with van der Waals surface area (Å²) in [6.45, 7) is 2.53. The molecule has 7 rings (SSSR count). The number of rotatable bonds is 2. The first-order chi connectivity index (χ1) is 16.2. The third kappa shape index (κ3) is 2.74. The molecule has 34 heavy (non-hydrogen) atoms. The van der Waals surface area contributed by atoms with Gasteiger partial charge in [-0.1, -0.05) is 31.2 Å². The van der Waals surface area contributed by atoms with Gasteiger partial charge in [-0.05, 0) is 90.0 Å². The lowest BCUT2D eigenvalue weighted by Crippen LogP contribution is -2.56. The molecule has 4 nitrogen and oxygen atoms in total. The fraction of sp³-hybridized carbons (Fsp3) is 0.567. The van der Waals surface area contributed by atoms with Gasteiger partial charge in [-0.3, -0.25) is 4.98 Å². The Bertz CT molecular complexity index is 1240. The van der Waals surface area contributed by atoms with Gasteiger partial charge in [-0.15, -0.1) is 0 Å². The van der Waals surface area contributed by atoms with Gasteiger partial charge in [0.05, 0.1) is 31.3 Å². The second-order valence-corrected chi connectivity index (χ2v) is 12.5. The minimum atomic E-state index is -0.203. The number of hydroxylamine groups is 3. The van der Waals surface area contributed by atoms with E-state index in [2.05, 4.69) is 48.3 Å². The van der Waals surface area contributed by atoms with Crippen LogP contribution in [0, 0.1) is 16.5 Å². The monoisotopic (exact) mass is 456 g/mol. The average molecular weight is 457 g/mol. The molecule has 0 amide bonds. The molecule has 3 fully saturated rings. The fourth-order valence-corrected chi connectivity index (χ4v) is 8.78. The van der Waals surface area contributed by atoms with Crippen LogP contribution in [-0.4, -0.2) is 41.0 Å². The van der Waals surface area contributed by atoms with Crippen molar-refractivity contribution in [1.82, 2.24) is 4.98 Å². The highest BCUT2D eigenvalue weighted by Gasteiger charge is 2.67. The van der Waals surface area contributed by atoms with Crippen molar-refractivity contribution < 1.29 is 9.38 Å². The number of benzene rings is 1. The van der Waals surface area contributed by atoms with Crippen LogP contribution in [0.1, 0.15) is 69.8 Å². The van der Waals surface area contributed by atoms with E-state index < -0.39 is 0 Å². The Morgan fingerprint density at radius 2 is 1.97 bits per heavy atom. The van der Waals surface area contributed by atoms with E-state index in [1.54, 1.807) is 0 Å². The Labute approximate surface area is 202 Å². The summed E-state index contributed by atoms with van der Waals surface area (Å²) < 4.78 is 7.14. The summed E-state index contributed by atoms with van der Waals surface area (Å²) in [7, 11) is 3.63. The van der Waals surface area contributed by atoms with Crippen molar-refractivity contribution in [2.24, 2.45) is 11.3 Å². The number of hydrogen-bond donors (Lipinski definition) is 0. The minimum absolute atomic E-state index is 0.135. The maximum Gasteiger partial charge on any atom is 0.0975 e. The van der Waals surface area contributed by atoms with Crippen LogP contribution in [0.2, 0.25) is 0 Å². The largest absolute Gasteiger partial charge is 0.633 e. The number of fused-ring (bicyclic) bond motifs is 2. The summed E-state index contributed by atoms with van der Waals surface area (Å²) in [5.41, 5.74) is 4.21. The Morgan fingerprint density at radius 1 is 1.09 bits per heavy atom. The van der Waals surface area contributed by atoms with Crippen molar-refractivity contribution in [3.63, 3.8) is 0 Å². The van der Waals surface area contributed by atoms with E-state index in [-0.39, 0.29) is 27.3 Å². The normalized spacial score (nSPS) is 40.9. The zero-order valence-corrected chi connectivity index (χ0v) is 20.7. The number of hydrogen-bond acceptors (Lipinski definition) is 3. The van der Waals surface area contributed by atoms with Crippen molar-refractivity contribution in [2.75, 3.05) is 14.1 Å². The molecule has 1 unspecified atom stereocenters. The van der Waals surface area contributed by atoms with Crippen LogP contribution in [0.4, 0.5) is 0 Å². The van der Waals surface area contributed by atoms with E-state index in [0.29, 0.717) is 11.8 Å². The SMILES string of the molecule is C[C@]12CC=C3C=C4CC[C@H]([N+](C)(C)[O-])C[C@]45CCC3(O5)[C@@H]1CC[C@@H]2c1ccc2ccncc2c1. The molecule has 5 aliphatic rings. The van der Waals surface area contributed by atoms with E-state index in [1.165, 1.54) is 40.3 Å². The van der Waals surface area contributed by atoms with Crippen LogP contribution in [0.3, 0.4) is 0 Å². The Hall–Kier alpha value is -2.01. The predicted octanol–water partition coefficient (Wildman–Crippen LogP) is 6.42. The number of aromatic nitrogens is 1. The van der Waals surface area contributed by atoms with Crippen LogP contribution in [0.25, 0.3) is 10.8 Å². The van der Waals surface area contributed by atoms with E-state index in [4.69, 9.17) is 4.74 Å². The highest BCUT2D eigenvalue weighted by Crippen LogP contribution is 2.69. The summed E-state index contributed by atoms with van der Waals surface area (Å²) in [5.74, 6) is 1.07. The Morgan fingerprint density at radius 3 is 2.82 bits per heavy atom. The predicted molar refractivity (Wildman–Crippen MR) is 135 cm³/mol. The maximum atomic E-state index is 12.9. The van der Waals surface area contributed by atoms with E-state index in [0.717, 1.165) is 38.5 Å². The van der Waals surface area contributed by atoms with Gasteiger partial charge in [0.1, 0.15) is 0 Å². The summed E-state index contributed by atoms with van der Waals surface area (Å²) in [4.78, 5) is 4.36. The van der Waals surface area contributed by atoms with Gasteiger partial charge >= 0.3 is 0 Å². The third-order valence-electron chi connectivity index (χ3n) is 10.6. The van der Waals surface area contributed by atoms with Crippen LogP contribution in [0.5, 0.6) is 0 Å². The number of allylic oxidation sites excluding steroid dienone is 1. The molecule has 6 atom stereocenters. The summed E-state index contributed by atoms with van der Waals surface area (Å²) in [6, 6.07) is 9.24. The van der Waals surface area contributed by atoms with Crippen molar-refractivity contribution in [3.8, 4) is 0 Å². The molecule has 2 saturated carbocycles. The molecule has 1 aromatic heterocycles. The molecule has 4 heteroatoms. The first-order valence-corrected chi connectivity index (χ1v) is 13.2. The van der Waals surface area contributed by atoms with Crippen LogP contribution < -0.4 is 0 Å². The van der Waals surface area contributed by atoms with Crippen molar-refractivity contribution in [1.29, 1.82) is 0 Å². The molecule has 2 bridgehead atoms.